The van der Waals surface area contributed by atoms with E-state index in [4.69, 9.17) is 27.9 Å². The molecule has 0 aliphatic rings. The summed E-state index contributed by atoms with van der Waals surface area (Å²) in [5.74, 6) is 0.560. The van der Waals surface area contributed by atoms with E-state index >= 15 is 0 Å². The van der Waals surface area contributed by atoms with Gasteiger partial charge in [-0.3, -0.25) is 9.48 Å². The number of halogens is 2. The molecule has 1 atom stereocenters. The highest BCUT2D eigenvalue weighted by Gasteiger charge is 2.17. The fraction of sp³-hybridized carbons (Fsp3) is 0.231. The first-order valence-corrected chi connectivity index (χ1v) is 6.63. The molecular formula is C13H13Cl2N3O2. The number of carbonyl (C=O) groups excluding carboxylic acids is 1. The quantitative estimate of drug-likeness (QED) is 0.943. The van der Waals surface area contributed by atoms with Crippen molar-refractivity contribution < 1.29 is 9.53 Å². The van der Waals surface area contributed by atoms with E-state index in [1.165, 1.54) is 0 Å². The monoisotopic (exact) mass is 313 g/mol. The molecule has 0 spiro atoms. The van der Waals surface area contributed by atoms with E-state index in [9.17, 15) is 4.79 Å². The van der Waals surface area contributed by atoms with Gasteiger partial charge in [-0.25, -0.2) is 0 Å². The maximum absolute atomic E-state index is 11.9. The van der Waals surface area contributed by atoms with Crippen LogP contribution in [0.3, 0.4) is 0 Å². The fourth-order valence-electron chi connectivity index (χ4n) is 1.52. The van der Waals surface area contributed by atoms with Gasteiger partial charge in [-0.2, -0.15) is 5.10 Å². The fourth-order valence-corrected chi connectivity index (χ4v) is 1.98. The third kappa shape index (κ3) is 3.65. The highest BCUT2D eigenvalue weighted by molar-refractivity contribution is 6.35. The molecule has 0 radical (unpaired) electrons. The van der Waals surface area contributed by atoms with E-state index in [0.29, 0.717) is 21.6 Å². The number of nitrogens with one attached hydrogen (secondary N) is 1. The molecule has 2 aromatic rings. The number of aromatic nitrogens is 2. The molecule has 2 rings (SSSR count). The molecule has 0 aliphatic heterocycles. The van der Waals surface area contributed by atoms with Gasteiger partial charge in [0.25, 0.3) is 5.91 Å². The second-order valence-electron chi connectivity index (χ2n) is 4.20. The Balaban J connectivity index is 2.00. The molecule has 0 aliphatic carbocycles. The van der Waals surface area contributed by atoms with E-state index in [-0.39, 0.29) is 5.91 Å². The number of hydrogen-bond acceptors (Lipinski definition) is 3. The smallest absolute Gasteiger partial charge is 0.266 e. The van der Waals surface area contributed by atoms with Crippen molar-refractivity contribution in [2.24, 2.45) is 7.05 Å². The van der Waals surface area contributed by atoms with Gasteiger partial charge >= 0.3 is 0 Å². The van der Waals surface area contributed by atoms with E-state index < -0.39 is 6.10 Å². The summed E-state index contributed by atoms with van der Waals surface area (Å²) in [5, 5.41) is 7.57. The SMILES string of the molecule is CC(Oc1ccc(Cl)cc1Cl)C(=O)Nc1ccn(C)n1. The Morgan fingerprint density at radius 1 is 1.40 bits per heavy atom. The lowest BCUT2D eigenvalue weighted by Crippen LogP contribution is -2.30. The topological polar surface area (TPSA) is 56.1 Å². The van der Waals surface area contributed by atoms with Crippen LogP contribution in [0.4, 0.5) is 5.82 Å². The van der Waals surface area contributed by atoms with Crippen LogP contribution in [0.15, 0.2) is 30.5 Å². The normalized spacial score (nSPS) is 12.0. The summed E-state index contributed by atoms with van der Waals surface area (Å²) in [6, 6.07) is 6.52. The zero-order valence-corrected chi connectivity index (χ0v) is 12.4. The summed E-state index contributed by atoms with van der Waals surface area (Å²) in [4.78, 5) is 11.9. The van der Waals surface area contributed by atoms with Crippen molar-refractivity contribution in [1.82, 2.24) is 9.78 Å². The highest BCUT2D eigenvalue weighted by atomic mass is 35.5. The number of hydrogen-bond donors (Lipinski definition) is 1. The van der Waals surface area contributed by atoms with Crippen molar-refractivity contribution in [3.05, 3.63) is 40.5 Å². The molecule has 1 unspecified atom stereocenters. The van der Waals surface area contributed by atoms with Gasteiger partial charge in [0.2, 0.25) is 0 Å². The number of rotatable bonds is 4. The van der Waals surface area contributed by atoms with Gasteiger partial charge in [-0.15, -0.1) is 0 Å². The van der Waals surface area contributed by atoms with Crippen molar-refractivity contribution in [2.45, 2.75) is 13.0 Å². The first-order chi connectivity index (χ1) is 9.45. The zero-order valence-electron chi connectivity index (χ0n) is 10.9. The van der Waals surface area contributed by atoms with Crippen molar-refractivity contribution in [3.8, 4) is 5.75 Å². The molecule has 0 fully saturated rings. The molecule has 1 heterocycles. The van der Waals surface area contributed by atoms with Gasteiger partial charge in [0.05, 0.1) is 5.02 Å². The summed E-state index contributed by atoms with van der Waals surface area (Å²) in [5.41, 5.74) is 0. The van der Waals surface area contributed by atoms with Gasteiger partial charge in [-0.05, 0) is 25.1 Å². The number of benzene rings is 1. The Morgan fingerprint density at radius 3 is 2.75 bits per heavy atom. The Morgan fingerprint density at radius 2 is 2.15 bits per heavy atom. The second kappa shape index (κ2) is 6.15. The Labute approximate surface area is 126 Å². The van der Waals surface area contributed by atoms with E-state index in [0.717, 1.165) is 0 Å². The highest BCUT2D eigenvalue weighted by Crippen LogP contribution is 2.28. The summed E-state index contributed by atoms with van der Waals surface area (Å²) in [6.45, 7) is 1.63. The third-order valence-corrected chi connectivity index (χ3v) is 3.06. The summed E-state index contributed by atoms with van der Waals surface area (Å²) in [6.07, 6.45) is 1.02. The van der Waals surface area contributed by atoms with E-state index in [2.05, 4.69) is 10.4 Å². The standard InChI is InChI=1S/C13H13Cl2N3O2/c1-8(13(19)16-12-5-6-18(2)17-12)20-11-4-3-9(14)7-10(11)15/h3-8H,1-2H3,(H,16,17,19). The van der Waals surface area contributed by atoms with Gasteiger partial charge in [-0.1, -0.05) is 23.2 Å². The van der Waals surface area contributed by atoms with Gasteiger partial charge in [0.1, 0.15) is 5.75 Å². The van der Waals surface area contributed by atoms with Crippen molar-refractivity contribution in [2.75, 3.05) is 5.32 Å². The predicted molar refractivity (Wildman–Crippen MR) is 78.4 cm³/mol. The largest absolute Gasteiger partial charge is 0.479 e. The van der Waals surface area contributed by atoms with Crippen LogP contribution >= 0.6 is 23.2 Å². The van der Waals surface area contributed by atoms with Gasteiger partial charge in [0.15, 0.2) is 11.9 Å². The molecule has 1 amide bonds. The second-order valence-corrected chi connectivity index (χ2v) is 5.04. The minimum atomic E-state index is -0.712. The third-order valence-electron chi connectivity index (χ3n) is 2.53. The molecule has 5 nitrogen and oxygen atoms in total. The molecule has 20 heavy (non-hydrogen) atoms. The lowest BCUT2D eigenvalue weighted by molar-refractivity contribution is -0.122. The minimum Gasteiger partial charge on any atom is -0.479 e. The number of carbonyl (C=O) groups is 1. The first kappa shape index (κ1) is 14.7. The molecular weight excluding hydrogens is 301 g/mol. The van der Waals surface area contributed by atoms with Gasteiger partial charge < -0.3 is 10.1 Å². The molecule has 0 saturated heterocycles. The Kier molecular flexibility index (Phi) is 4.52. The molecule has 106 valence electrons. The number of nitrogens with zero attached hydrogens (tertiary/aromatic N) is 2. The summed E-state index contributed by atoms with van der Waals surface area (Å²) < 4.78 is 7.10. The van der Waals surface area contributed by atoms with Crippen LogP contribution in [0.5, 0.6) is 5.75 Å². The van der Waals surface area contributed by atoms with Crippen LogP contribution in [0.1, 0.15) is 6.92 Å². The first-order valence-electron chi connectivity index (χ1n) is 5.88. The van der Waals surface area contributed by atoms with E-state index in [1.54, 1.807) is 49.1 Å². The minimum absolute atomic E-state index is 0.310. The van der Waals surface area contributed by atoms with Gasteiger partial charge in [0, 0.05) is 24.3 Å². The average Bonchev–Trinajstić information content (AvgIpc) is 2.78. The average molecular weight is 314 g/mol. The molecule has 1 aromatic heterocycles. The maximum Gasteiger partial charge on any atom is 0.266 e. The molecule has 7 heteroatoms. The lowest BCUT2D eigenvalue weighted by Gasteiger charge is -2.14. The summed E-state index contributed by atoms with van der Waals surface area (Å²) >= 11 is 11.8. The number of amides is 1. The van der Waals surface area contributed by atoms with Crippen LogP contribution in [-0.2, 0) is 11.8 Å². The van der Waals surface area contributed by atoms with E-state index in [1.807, 2.05) is 0 Å². The Bertz CT molecular complexity index is 628. The van der Waals surface area contributed by atoms with Crippen molar-refractivity contribution in [3.63, 3.8) is 0 Å². The van der Waals surface area contributed by atoms with Crippen LogP contribution in [0, 0.1) is 0 Å². The van der Waals surface area contributed by atoms with Crippen LogP contribution in [0.2, 0.25) is 10.0 Å². The lowest BCUT2D eigenvalue weighted by atomic mass is 10.3. The molecule has 1 N–H and O–H groups in total. The number of ether oxygens (including phenoxy) is 1. The molecule has 0 saturated carbocycles. The van der Waals surface area contributed by atoms with Crippen molar-refractivity contribution >= 4 is 34.9 Å². The molecule has 1 aromatic carbocycles. The Hall–Kier alpha value is -1.72. The van der Waals surface area contributed by atoms with Crippen LogP contribution < -0.4 is 10.1 Å². The number of anilines is 1. The number of aryl methyl sites for hydroxylation is 1. The predicted octanol–water partition coefficient (Wildman–Crippen LogP) is 3.13. The summed E-state index contributed by atoms with van der Waals surface area (Å²) in [7, 11) is 1.77. The maximum atomic E-state index is 11.9. The van der Waals surface area contributed by atoms with Crippen molar-refractivity contribution in [1.29, 1.82) is 0 Å². The molecule has 0 bridgehead atoms. The van der Waals surface area contributed by atoms with Crippen LogP contribution in [-0.4, -0.2) is 21.8 Å². The van der Waals surface area contributed by atoms with Crippen LogP contribution in [0.25, 0.3) is 0 Å². The zero-order chi connectivity index (χ0) is 14.7.